The first-order chi connectivity index (χ1) is 7.70. The van der Waals surface area contributed by atoms with Crippen molar-refractivity contribution < 1.29 is 0 Å². The largest absolute Gasteiger partial charge is 0.319 e. The standard InChI is InChI=1S/C14H23NS/c1-10-4-6-12(9-15-3)13(8-10)14-7-5-11(2)16-14/h5,7,10,12-13,15H,4,6,8-9H2,1-3H3. The van der Waals surface area contributed by atoms with Crippen molar-refractivity contribution in [2.24, 2.45) is 11.8 Å². The Hall–Kier alpha value is -0.340. The van der Waals surface area contributed by atoms with E-state index in [0.717, 1.165) is 17.8 Å². The summed E-state index contributed by atoms with van der Waals surface area (Å²) in [5, 5.41) is 3.36. The molecule has 2 rings (SSSR count). The highest BCUT2D eigenvalue weighted by molar-refractivity contribution is 7.12. The van der Waals surface area contributed by atoms with Crippen molar-refractivity contribution in [2.75, 3.05) is 13.6 Å². The Kier molecular flexibility index (Phi) is 4.04. The third-order valence-electron chi connectivity index (χ3n) is 3.85. The monoisotopic (exact) mass is 237 g/mol. The quantitative estimate of drug-likeness (QED) is 0.843. The fourth-order valence-electron chi connectivity index (χ4n) is 2.95. The van der Waals surface area contributed by atoms with Crippen molar-refractivity contribution in [1.29, 1.82) is 0 Å². The number of hydrogen-bond acceptors (Lipinski definition) is 2. The van der Waals surface area contributed by atoms with Gasteiger partial charge in [0.05, 0.1) is 0 Å². The average molecular weight is 237 g/mol. The molecule has 0 radical (unpaired) electrons. The van der Waals surface area contributed by atoms with Gasteiger partial charge < -0.3 is 5.32 Å². The first-order valence-electron chi connectivity index (χ1n) is 6.41. The number of hydrogen-bond donors (Lipinski definition) is 1. The third kappa shape index (κ3) is 2.67. The van der Waals surface area contributed by atoms with Crippen molar-refractivity contribution in [3.8, 4) is 0 Å². The van der Waals surface area contributed by atoms with Crippen LogP contribution in [0.4, 0.5) is 0 Å². The van der Waals surface area contributed by atoms with Gasteiger partial charge in [0.1, 0.15) is 0 Å². The molecule has 0 aromatic carbocycles. The summed E-state index contributed by atoms with van der Waals surface area (Å²) in [6.07, 6.45) is 4.18. The zero-order valence-corrected chi connectivity index (χ0v) is 11.4. The van der Waals surface area contributed by atoms with Crippen molar-refractivity contribution in [2.45, 2.75) is 39.0 Å². The zero-order chi connectivity index (χ0) is 11.5. The minimum Gasteiger partial charge on any atom is -0.319 e. The second kappa shape index (κ2) is 5.33. The average Bonchev–Trinajstić information content (AvgIpc) is 2.68. The molecule has 0 amide bonds. The lowest BCUT2D eigenvalue weighted by molar-refractivity contribution is 0.247. The first kappa shape index (κ1) is 12.1. The second-order valence-electron chi connectivity index (χ2n) is 5.29. The molecule has 3 atom stereocenters. The van der Waals surface area contributed by atoms with Gasteiger partial charge in [-0.05, 0) is 63.2 Å². The topological polar surface area (TPSA) is 12.0 Å². The van der Waals surface area contributed by atoms with Crippen molar-refractivity contribution in [3.63, 3.8) is 0 Å². The van der Waals surface area contributed by atoms with E-state index in [-0.39, 0.29) is 0 Å². The fraction of sp³-hybridized carbons (Fsp3) is 0.714. The van der Waals surface area contributed by atoms with E-state index in [0.29, 0.717) is 0 Å². The molecule has 1 aliphatic carbocycles. The smallest absolute Gasteiger partial charge is 0.00823 e. The van der Waals surface area contributed by atoms with Gasteiger partial charge in [-0.3, -0.25) is 0 Å². The highest BCUT2D eigenvalue weighted by Crippen LogP contribution is 2.42. The van der Waals surface area contributed by atoms with Crippen LogP contribution >= 0.6 is 11.3 Å². The molecular formula is C14H23NS. The Morgan fingerprint density at radius 1 is 1.38 bits per heavy atom. The molecule has 0 saturated heterocycles. The molecule has 16 heavy (non-hydrogen) atoms. The normalized spacial score (nSPS) is 30.6. The molecule has 3 unspecified atom stereocenters. The van der Waals surface area contributed by atoms with E-state index in [1.165, 1.54) is 30.7 Å². The van der Waals surface area contributed by atoms with Crippen molar-refractivity contribution >= 4 is 11.3 Å². The SMILES string of the molecule is CNCC1CCC(C)CC1c1ccc(C)s1. The molecule has 0 bridgehead atoms. The van der Waals surface area contributed by atoms with Gasteiger partial charge in [0.15, 0.2) is 0 Å². The predicted molar refractivity (Wildman–Crippen MR) is 72.2 cm³/mol. The van der Waals surface area contributed by atoms with Gasteiger partial charge in [0.25, 0.3) is 0 Å². The van der Waals surface area contributed by atoms with Crippen LogP contribution in [0.5, 0.6) is 0 Å². The van der Waals surface area contributed by atoms with Crippen LogP contribution in [0.1, 0.15) is 41.9 Å². The Balaban J connectivity index is 2.13. The fourth-order valence-corrected chi connectivity index (χ4v) is 4.04. The molecule has 1 N–H and O–H groups in total. The maximum atomic E-state index is 3.36. The van der Waals surface area contributed by atoms with Gasteiger partial charge in [-0.15, -0.1) is 11.3 Å². The lowest BCUT2D eigenvalue weighted by Gasteiger charge is -2.34. The van der Waals surface area contributed by atoms with Crippen LogP contribution in [-0.2, 0) is 0 Å². The molecule has 2 heteroatoms. The molecule has 0 aliphatic heterocycles. The summed E-state index contributed by atoms with van der Waals surface area (Å²) in [5.74, 6) is 2.55. The third-order valence-corrected chi connectivity index (χ3v) is 4.98. The van der Waals surface area contributed by atoms with E-state index in [2.05, 4.69) is 38.3 Å². The van der Waals surface area contributed by atoms with E-state index in [1.807, 2.05) is 11.3 Å². The molecule has 1 aliphatic rings. The summed E-state index contributed by atoms with van der Waals surface area (Å²) >= 11 is 2.00. The second-order valence-corrected chi connectivity index (χ2v) is 6.61. The van der Waals surface area contributed by atoms with Gasteiger partial charge in [-0.1, -0.05) is 13.3 Å². The summed E-state index contributed by atoms with van der Waals surface area (Å²) in [6, 6.07) is 4.63. The summed E-state index contributed by atoms with van der Waals surface area (Å²) in [6.45, 7) is 5.80. The van der Waals surface area contributed by atoms with E-state index in [4.69, 9.17) is 0 Å². The highest BCUT2D eigenvalue weighted by atomic mass is 32.1. The van der Waals surface area contributed by atoms with Crippen LogP contribution in [0.3, 0.4) is 0 Å². The molecule has 1 aromatic rings. The van der Waals surface area contributed by atoms with E-state index in [1.54, 1.807) is 4.88 Å². The minimum atomic E-state index is 0.801. The Bertz CT molecular complexity index is 331. The number of aryl methyl sites for hydroxylation is 1. The Labute approximate surface area is 103 Å². The summed E-state index contributed by atoms with van der Waals surface area (Å²) < 4.78 is 0. The Morgan fingerprint density at radius 2 is 2.19 bits per heavy atom. The lowest BCUT2D eigenvalue weighted by Crippen LogP contribution is -2.29. The molecule has 0 spiro atoms. The molecule has 1 fully saturated rings. The number of nitrogens with one attached hydrogen (secondary N) is 1. The van der Waals surface area contributed by atoms with E-state index < -0.39 is 0 Å². The lowest BCUT2D eigenvalue weighted by atomic mass is 9.74. The van der Waals surface area contributed by atoms with E-state index >= 15 is 0 Å². The summed E-state index contributed by atoms with van der Waals surface area (Å²) in [4.78, 5) is 3.07. The van der Waals surface area contributed by atoms with Gasteiger partial charge in [0.2, 0.25) is 0 Å². The number of rotatable bonds is 3. The van der Waals surface area contributed by atoms with Crippen LogP contribution in [0.15, 0.2) is 12.1 Å². The molecule has 1 aromatic heterocycles. The zero-order valence-electron chi connectivity index (χ0n) is 10.6. The summed E-state index contributed by atoms with van der Waals surface area (Å²) in [7, 11) is 2.08. The number of thiophene rings is 1. The molecule has 1 nitrogen and oxygen atoms in total. The maximum absolute atomic E-state index is 3.36. The molecule has 90 valence electrons. The van der Waals surface area contributed by atoms with Crippen LogP contribution in [0.2, 0.25) is 0 Å². The highest BCUT2D eigenvalue weighted by Gasteiger charge is 2.29. The predicted octanol–water partition coefficient (Wildman–Crippen LogP) is 3.80. The Morgan fingerprint density at radius 3 is 2.81 bits per heavy atom. The van der Waals surface area contributed by atoms with E-state index in [9.17, 15) is 0 Å². The van der Waals surface area contributed by atoms with Gasteiger partial charge in [0, 0.05) is 9.75 Å². The molecule has 1 saturated carbocycles. The maximum Gasteiger partial charge on any atom is 0.00823 e. The first-order valence-corrected chi connectivity index (χ1v) is 7.23. The van der Waals surface area contributed by atoms with Gasteiger partial charge in [-0.2, -0.15) is 0 Å². The van der Waals surface area contributed by atoms with Crippen LogP contribution in [0, 0.1) is 18.8 Å². The summed E-state index contributed by atoms with van der Waals surface area (Å²) in [5.41, 5.74) is 0. The van der Waals surface area contributed by atoms with Crippen LogP contribution < -0.4 is 5.32 Å². The van der Waals surface area contributed by atoms with Crippen molar-refractivity contribution in [3.05, 3.63) is 21.9 Å². The molecular weight excluding hydrogens is 214 g/mol. The minimum absolute atomic E-state index is 0.801. The van der Waals surface area contributed by atoms with Gasteiger partial charge in [-0.25, -0.2) is 0 Å². The van der Waals surface area contributed by atoms with Crippen LogP contribution in [0.25, 0.3) is 0 Å². The van der Waals surface area contributed by atoms with Crippen molar-refractivity contribution in [1.82, 2.24) is 5.32 Å². The molecule has 1 heterocycles. The van der Waals surface area contributed by atoms with Crippen LogP contribution in [-0.4, -0.2) is 13.6 Å². The van der Waals surface area contributed by atoms with Gasteiger partial charge >= 0.3 is 0 Å².